The number of rotatable bonds is 5. The predicted octanol–water partition coefficient (Wildman–Crippen LogP) is 1.83. The number of hydrogen-bond donors (Lipinski definition) is 2. The topological polar surface area (TPSA) is 45.1 Å². The van der Waals surface area contributed by atoms with Gasteiger partial charge in [0.1, 0.15) is 0 Å². The number of aromatic nitrogens is 1. The Morgan fingerprint density at radius 2 is 1.88 bits per heavy atom. The summed E-state index contributed by atoms with van der Waals surface area (Å²) in [6.45, 7) is 1.59. The van der Waals surface area contributed by atoms with E-state index in [1.807, 2.05) is 18.3 Å². The van der Waals surface area contributed by atoms with E-state index in [2.05, 4.69) is 34.6 Å². The van der Waals surface area contributed by atoms with Crippen molar-refractivity contribution in [1.82, 2.24) is 10.3 Å². The molecule has 0 aliphatic heterocycles. The largest absolute Gasteiger partial charge is 0.395 e. The molecule has 0 fully saturated rings. The Morgan fingerprint density at radius 1 is 1.06 bits per heavy atom. The van der Waals surface area contributed by atoms with Crippen LogP contribution in [0.2, 0.25) is 0 Å². The first-order valence-corrected chi connectivity index (χ1v) is 5.71. The number of nitrogens with zero attached hydrogens (tertiary/aromatic N) is 1. The van der Waals surface area contributed by atoms with Crippen molar-refractivity contribution in [3.63, 3.8) is 0 Å². The Morgan fingerprint density at radius 3 is 2.53 bits per heavy atom. The lowest BCUT2D eigenvalue weighted by molar-refractivity contribution is 0.292. The van der Waals surface area contributed by atoms with Gasteiger partial charge in [0.2, 0.25) is 0 Å². The molecule has 0 atom stereocenters. The number of benzene rings is 1. The molecular formula is C14H16N2O. The van der Waals surface area contributed by atoms with Crippen molar-refractivity contribution >= 4 is 0 Å². The highest BCUT2D eigenvalue weighted by Crippen LogP contribution is 2.18. The van der Waals surface area contributed by atoms with Crippen molar-refractivity contribution in [1.29, 1.82) is 0 Å². The van der Waals surface area contributed by atoms with E-state index >= 15 is 0 Å². The number of aliphatic hydroxyl groups excluding tert-OH is 1. The van der Waals surface area contributed by atoms with Crippen LogP contribution in [0.4, 0.5) is 0 Å². The van der Waals surface area contributed by atoms with Gasteiger partial charge in [-0.1, -0.05) is 30.3 Å². The molecule has 0 spiro atoms. The first-order chi connectivity index (χ1) is 8.40. The molecule has 2 aromatic rings. The lowest BCUT2D eigenvalue weighted by atomic mass is 10.1. The summed E-state index contributed by atoms with van der Waals surface area (Å²) in [5.74, 6) is 0. The maximum Gasteiger partial charge on any atom is 0.0556 e. The minimum Gasteiger partial charge on any atom is -0.395 e. The molecule has 2 N–H and O–H groups in total. The average Bonchev–Trinajstić information content (AvgIpc) is 2.41. The molecule has 0 aliphatic carbocycles. The molecule has 0 saturated heterocycles. The van der Waals surface area contributed by atoms with Crippen LogP contribution < -0.4 is 5.32 Å². The van der Waals surface area contributed by atoms with Crippen LogP contribution in [-0.2, 0) is 6.54 Å². The zero-order valence-corrected chi connectivity index (χ0v) is 9.63. The average molecular weight is 228 g/mol. The Labute approximate surface area is 101 Å². The Balaban J connectivity index is 2.03. The van der Waals surface area contributed by atoms with Gasteiger partial charge in [0.15, 0.2) is 0 Å². The monoisotopic (exact) mass is 228 g/mol. The van der Waals surface area contributed by atoms with Crippen LogP contribution in [-0.4, -0.2) is 23.2 Å². The molecule has 3 nitrogen and oxygen atoms in total. The molecule has 88 valence electrons. The molecule has 1 aromatic carbocycles. The molecule has 17 heavy (non-hydrogen) atoms. The summed E-state index contributed by atoms with van der Waals surface area (Å²) >= 11 is 0. The summed E-state index contributed by atoms with van der Waals surface area (Å²) in [4.78, 5) is 4.10. The highest BCUT2D eigenvalue weighted by Gasteiger charge is 1.97. The molecule has 1 heterocycles. The van der Waals surface area contributed by atoms with E-state index in [0.29, 0.717) is 6.54 Å². The van der Waals surface area contributed by atoms with Crippen molar-refractivity contribution < 1.29 is 5.11 Å². The Bertz CT molecular complexity index is 440. The molecule has 2 rings (SSSR count). The van der Waals surface area contributed by atoms with Gasteiger partial charge in [-0.15, -0.1) is 0 Å². The molecular weight excluding hydrogens is 212 g/mol. The van der Waals surface area contributed by atoms with Gasteiger partial charge < -0.3 is 10.4 Å². The molecule has 0 amide bonds. The van der Waals surface area contributed by atoms with Gasteiger partial charge in [0.25, 0.3) is 0 Å². The van der Waals surface area contributed by atoms with Crippen LogP contribution >= 0.6 is 0 Å². The number of aliphatic hydroxyl groups is 1. The normalized spacial score (nSPS) is 10.4. The smallest absolute Gasteiger partial charge is 0.0556 e. The minimum absolute atomic E-state index is 0.174. The third kappa shape index (κ3) is 3.37. The van der Waals surface area contributed by atoms with E-state index in [1.54, 1.807) is 6.20 Å². The number of nitrogens with one attached hydrogen (secondary N) is 1. The van der Waals surface area contributed by atoms with Gasteiger partial charge in [0.05, 0.1) is 6.61 Å². The van der Waals surface area contributed by atoms with Crippen LogP contribution in [0.5, 0.6) is 0 Å². The SMILES string of the molecule is OCCNCc1ccc(-c2cccnc2)cc1. The second-order valence-electron chi connectivity index (χ2n) is 3.84. The predicted molar refractivity (Wildman–Crippen MR) is 68.5 cm³/mol. The Kier molecular flexibility index (Phi) is 4.24. The first-order valence-electron chi connectivity index (χ1n) is 5.71. The molecule has 0 bridgehead atoms. The van der Waals surface area contributed by atoms with E-state index in [4.69, 9.17) is 5.11 Å². The van der Waals surface area contributed by atoms with E-state index in [0.717, 1.165) is 12.1 Å². The molecule has 0 radical (unpaired) electrons. The van der Waals surface area contributed by atoms with Gasteiger partial charge in [-0.3, -0.25) is 4.98 Å². The molecule has 3 heteroatoms. The second kappa shape index (κ2) is 6.13. The fourth-order valence-corrected chi connectivity index (χ4v) is 1.66. The molecule has 1 aromatic heterocycles. The lowest BCUT2D eigenvalue weighted by Gasteiger charge is -2.05. The molecule has 0 aliphatic rings. The van der Waals surface area contributed by atoms with E-state index < -0.39 is 0 Å². The molecule has 0 unspecified atom stereocenters. The summed E-state index contributed by atoms with van der Waals surface area (Å²) < 4.78 is 0. The maximum absolute atomic E-state index is 8.67. The first kappa shape index (κ1) is 11.8. The third-order valence-corrected chi connectivity index (χ3v) is 2.57. The third-order valence-electron chi connectivity index (χ3n) is 2.57. The number of pyridine rings is 1. The fourth-order valence-electron chi connectivity index (χ4n) is 1.66. The summed E-state index contributed by atoms with van der Waals surface area (Å²) in [5, 5.41) is 11.8. The van der Waals surface area contributed by atoms with Crippen LogP contribution in [0.25, 0.3) is 11.1 Å². The minimum atomic E-state index is 0.174. The molecule has 0 saturated carbocycles. The summed E-state index contributed by atoms with van der Waals surface area (Å²) in [7, 11) is 0. The van der Waals surface area contributed by atoms with Gasteiger partial charge in [-0.25, -0.2) is 0 Å². The summed E-state index contributed by atoms with van der Waals surface area (Å²) in [6, 6.07) is 12.3. The van der Waals surface area contributed by atoms with E-state index in [9.17, 15) is 0 Å². The zero-order valence-electron chi connectivity index (χ0n) is 9.63. The van der Waals surface area contributed by atoms with Gasteiger partial charge >= 0.3 is 0 Å². The van der Waals surface area contributed by atoms with Gasteiger partial charge in [0, 0.05) is 25.5 Å². The highest BCUT2D eigenvalue weighted by atomic mass is 16.3. The number of hydrogen-bond acceptors (Lipinski definition) is 3. The second-order valence-corrected chi connectivity index (χ2v) is 3.84. The van der Waals surface area contributed by atoms with Gasteiger partial charge in [-0.05, 0) is 22.8 Å². The maximum atomic E-state index is 8.67. The van der Waals surface area contributed by atoms with Crippen LogP contribution in [0.15, 0.2) is 48.8 Å². The zero-order chi connectivity index (χ0) is 11.9. The van der Waals surface area contributed by atoms with Crippen LogP contribution in [0.3, 0.4) is 0 Å². The van der Waals surface area contributed by atoms with Crippen molar-refractivity contribution in [2.45, 2.75) is 6.54 Å². The van der Waals surface area contributed by atoms with E-state index in [1.165, 1.54) is 11.1 Å². The van der Waals surface area contributed by atoms with Crippen molar-refractivity contribution in [3.8, 4) is 11.1 Å². The van der Waals surface area contributed by atoms with E-state index in [-0.39, 0.29) is 6.61 Å². The lowest BCUT2D eigenvalue weighted by Crippen LogP contribution is -2.17. The van der Waals surface area contributed by atoms with Crippen molar-refractivity contribution in [2.75, 3.05) is 13.2 Å². The summed E-state index contributed by atoms with van der Waals surface area (Å²) in [6.07, 6.45) is 3.63. The van der Waals surface area contributed by atoms with Gasteiger partial charge in [-0.2, -0.15) is 0 Å². The van der Waals surface area contributed by atoms with Crippen molar-refractivity contribution in [2.24, 2.45) is 0 Å². The fraction of sp³-hybridized carbons (Fsp3) is 0.214. The quantitative estimate of drug-likeness (QED) is 0.767. The standard InChI is InChI=1S/C14H16N2O/c17-9-8-16-10-12-3-5-13(6-4-12)14-2-1-7-15-11-14/h1-7,11,16-17H,8-10H2. The van der Waals surface area contributed by atoms with Crippen LogP contribution in [0.1, 0.15) is 5.56 Å². The van der Waals surface area contributed by atoms with Crippen LogP contribution in [0, 0.1) is 0 Å². The summed E-state index contributed by atoms with van der Waals surface area (Å²) in [5.41, 5.74) is 3.51. The highest BCUT2D eigenvalue weighted by molar-refractivity contribution is 5.62. The van der Waals surface area contributed by atoms with Crippen molar-refractivity contribution in [3.05, 3.63) is 54.4 Å². The Hall–Kier alpha value is -1.71.